The summed E-state index contributed by atoms with van der Waals surface area (Å²) in [6.07, 6.45) is 3.09. The van der Waals surface area contributed by atoms with Crippen molar-refractivity contribution in [2.45, 2.75) is 44.3 Å². The molecule has 1 heterocycles. The third kappa shape index (κ3) is 3.50. The van der Waals surface area contributed by atoms with Gasteiger partial charge in [0.05, 0.1) is 5.75 Å². The SMILES string of the molecule is CCc1cccc(C)c1NC(=O)CSc1nnc(N)n1C1CC1. The van der Waals surface area contributed by atoms with Crippen molar-refractivity contribution in [1.29, 1.82) is 0 Å². The first kappa shape index (κ1) is 15.9. The Morgan fingerprint density at radius 2 is 2.22 bits per heavy atom. The van der Waals surface area contributed by atoms with Crippen LogP contribution in [0.5, 0.6) is 0 Å². The molecule has 0 saturated heterocycles. The number of anilines is 2. The number of para-hydroxylation sites is 1. The van der Waals surface area contributed by atoms with E-state index in [1.54, 1.807) is 0 Å². The van der Waals surface area contributed by atoms with Crippen LogP contribution in [0, 0.1) is 6.92 Å². The highest BCUT2D eigenvalue weighted by atomic mass is 32.2. The Hall–Kier alpha value is -2.02. The molecule has 0 bridgehead atoms. The summed E-state index contributed by atoms with van der Waals surface area (Å²) >= 11 is 1.38. The molecule has 0 radical (unpaired) electrons. The maximum Gasteiger partial charge on any atom is 0.234 e. The molecule has 3 rings (SSSR count). The first-order chi connectivity index (χ1) is 11.1. The van der Waals surface area contributed by atoms with Gasteiger partial charge in [0.15, 0.2) is 5.16 Å². The lowest BCUT2D eigenvalue weighted by molar-refractivity contribution is -0.113. The minimum atomic E-state index is -0.0390. The van der Waals surface area contributed by atoms with Crippen molar-refractivity contribution in [1.82, 2.24) is 14.8 Å². The number of rotatable bonds is 6. The van der Waals surface area contributed by atoms with Gasteiger partial charge >= 0.3 is 0 Å². The van der Waals surface area contributed by atoms with Crippen LogP contribution >= 0.6 is 11.8 Å². The van der Waals surface area contributed by atoms with Crippen LogP contribution in [0.15, 0.2) is 23.4 Å². The van der Waals surface area contributed by atoms with Crippen LogP contribution in [0.1, 0.15) is 36.9 Å². The van der Waals surface area contributed by atoms with E-state index in [-0.39, 0.29) is 5.91 Å². The Morgan fingerprint density at radius 3 is 2.91 bits per heavy atom. The number of hydrogen-bond acceptors (Lipinski definition) is 5. The van der Waals surface area contributed by atoms with Gasteiger partial charge in [-0.15, -0.1) is 10.2 Å². The van der Waals surface area contributed by atoms with Crippen LogP contribution in [0.4, 0.5) is 11.6 Å². The van der Waals surface area contributed by atoms with Gasteiger partial charge in [0.25, 0.3) is 0 Å². The summed E-state index contributed by atoms with van der Waals surface area (Å²) in [6, 6.07) is 6.46. The van der Waals surface area contributed by atoms with Crippen molar-refractivity contribution >= 4 is 29.3 Å². The average molecular weight is 331 g/mol. The van der Waals surface area contributed by atoms with Crippen molar-refractivity contribution in [3.8, 4) is 0 Å². The van der Waals surface area contributed by atoms with Gasteiger partial charge < -0.3 is 11.1 Å². The standard InChI is InChI=1S/C16H21N5OS/c1-3-11-6-4-5-10(2)14(11)18-13(22)9-23-16-20-19-15(17)21(16)12-7-8-12/h4-6,12H,3,7-9H2,1-2H3,(H2,17,19)(H,18,22). The number of nitrogens with zero attached hydrogens (tertiary/aromatic N) is 3. The first-order valence-electron chi connectivity index (χ1n) is 7.81. The molecule has 1 aliphatic rings. The monoisotopic (exact) mass is 331 g/mol. The maximum absolute atomic E-state index is 12.3. The third-order valence-electron chi connectivity index (χ3n) is 3.94. The highest BCUT2D eigenvalue weighted by Gasteiger charge is 2.29. The number of benzene rings is 1. The predicted molar refractivity (Wildman–Crippen MR) is 92.6 cm³/mol. The van der Waals surface area contributed by atoms with Crippen LogP contribution in [0.25, 0.3) is 0 Å². The number of hydrogen-bond donors (Lipinski definition) is 2. The second-order valence-electron chi connectivity index (χ2n) is 5.74. The van der Waals surface area contributed by atoms with Crippen molar-refractivity contribution in [2.24, 2.45) is 0 Å². The van der Waals surface area contributed by atoms with E-state index in [2.05, 4.69) is 22.4 Å². The highest BCUT2D eigenvalue weighted by Crippen LogP contribution is 2.39. The lowest BCUT2D eigenvalue weighted by atomic mass is 10.1. The number of amides is 1. The summed E-state index contributed by atoms with van der Waals surface area (Å²) in [7, 11) is 0. The molecule has 0 spiro atoms. The molecular weight excluding hydrogens is 310 g/mol. The zero-order chi connectivity index (χ0) is 16.4. The van der Waals surface area contributed by atoms with E-state index < -0.39 is 0 Å². The van der Waals surface area contributed by atoms with Gasteiger partial charge in [0.2, 0.25) is 11.9 Å². The van der Waals surface area contributed by atoms with E-state index in [1.807, 2.05) is 29.7 Å². The Kier molecular flexibility index (Phi) is 4.56. The quantitative estimate of drug-likeness (QED) is 0.795. The molecule has 3 N–H and O–H groups in total. The fraction of sp³-hybridized carbons (Fsp3) is 0.438. The van der Waals surface area contributed by atoms with E-state index in [0.29, 0.717) is 17.7 Å². The number of aryl methyl sites for hydroxylation is 2. The van der Waals surface area contributed by atoms with E-state index >= 15 is 0 Å². The third-order valence-corrected chi connectivity index (χ3v) is 4.88. The maximum atomic E-state index is 12.3. The number of aromatic nitrogens is 3. The number of nitrogen functional groups attached to an aromatic ring is 1. The van der Waals surface area contributed by atoms with Crippen molar-refractivity contribution in [2.75, 3.05) is 16.8 Å². The van der Waals surface area contributed by atoms with Crippen LogP contribution in [-0.4, -0.2) is 26.4 Å². The fourth-order valence-corrected chi connectivity index (χ4v) is 3.38. The van der Waals surface area contributed by atoms with Crippen molar-refractivity contribution in [3.63, 3.8) is 0 Å². The Labute approximate surface area is 139 Å². The van der Waals surface area contributed by atoms with Crippen molar-refractivity contribution in [3.05, 3.63) is 29.3 Å². The molecule has 7 heteroatoms. The topological polar surface area (TPSA) is 85.8 Å². The fourth-order valence-electron chi connectivity index (χ4n) is 2.57. The minimum absolute atomic E-state index is 0.0390. The molecule has 0 atom stereocenters. The minimum Gasteiger partial charge on any atom is -0.368 e. The van der Waals surface area contributed by atoms with Gasteiger partial charge in [0, 0.05) is 11.7 Å². The molecule has 1 aliphatic carbocycles. The van der Waals surface area contributed by atoms with Crippen LogP contribution in [0.3, 0.4) is 0 Å². The summed E-state index contributed by atoms with van der Waals surface area (Å²) in [4.78, 5) is 12.3. The lowest BCUT2D eigenvalue weighted by Crippen LogP contribution is -2.16. The summed E-state index contributed by atoms with van der Waals surface area (Å²) in [5.41, 5.74) is 8.99. The van der Waals surface area contributed by atoms with Gasteiger partial charge in [-0.2, -0.15) is 0 Å². The van der Waals surface area contributed by atoms with Crippen LogP contribution in [0.2, 0.25) is 0 Å². The summed E-state index contributed by atoms with van der Waals surface area (Å²) < 4.78 is 1.93. The Bertz CT molecular complexity index is 723. The molecular formula is C16H21N5OS. The molecule has 1 fully saturated rings. The normalized spacial score (nSPS) is 14.0. The van der Waals surface area contributed by atoms with Gasteiger partial charge in [-0.3, -0.25) is 9.36 Å². The van der Waals surface area contributed by atoms with Crippen LogP contribution < -0.4 is 11.1 Å². The highest BCUT2D eigenvalue weighted by molar-refractivity contribution is 7.99. The molecule has 0 unspecified atom stereocenters. The molecule has 2 aromatic rings. The largest absolute Gasteiger partial charge is 0.368 e. The average Bonchev–Trinajstić information content (AvgIpc) is 3.30. The number of carbonyl (C=O) groups is 1. The molecule has 0 aliphatic heterocycles. The summed E-state index contributed by atoms with van der Waals surface area (Å²) in [5, 5.41) is 11.7. The number of nitrogens with two attached hydrogens (primary N) is 1. The molecule has 6 nitrogen and oxygen atoms in total. The molecule has 23 heavy (non-hydrogen) atoms. The summed E-state index contributed by atoms with van der Waals surface area (Å²) in [6.45, 7) is 4.09. The van der Waals surface area contributed by atoms with Gasteiger partial charge in [-0.05, 0) is 37.3 Å². The molecule has 1 saturated carbocycles. The van der Waals surface area contributed by atoms with Crippen LogP contribution in [-0.2, 0) is 11.2 Å². The molecule has 1 amide bonds. The smallest absolute Gasteiger partial charge is 0.234 e. The van der Waals surface area contributed by atoms with Gasteiger partial charge in [-0.25, -0.2) is 0 Å². The number of thioether (sulfide) groups is 1. The second kappa shape index (κ2) is 6.62. The van der Waals surface area contributed by atoms with Crippen molar-refractivity contribution < 1.29 is 4.79 Å². The molecule has 1 aromatic heterocycles. The van der Waals surface area contributed by atoms with E-state index in [4.69, 9.17) is 5.73 Å². The van der Waals surface area contributed by atoms with Gasteiger partial charge in [-0.1, -0.05) is 36.9 Å². The number of nitrogens with one attached hydrogen (secondary N) is 1. The summed E-state index contributed by atoms with van der Waals surface area (Å²) in [5.74, 6) is 0.688. The Morgan fingerprint density at radius 1 is 1.43 bits per heavy atom. The van der Waals surface area contributed by atoms with E-state index in [0.717, 1.165) is 41.2 Å². The zero-order valence-corrected chi connectivity index (χ0v) is 14.2. The number of carbonyl (C=O) groups excluding carboxylic acids is 1. The molecule has 1 aromatic carbocycles. The first-order valence-corrected chi connectivity index (χ1v) is 8.80. The second-order valence-corrected chi connectivity index (χ2v) is 6.68. The Balaban J connectivity index is 1.65. The van der Waals surface area contributed by atoms with E-state index in [1.165, 1.54) is 11.8 Å². The lowest BCUT2D eigenvalue weighted by Gasteiger charge is -2.13. The molecule has 122 valence electrons. The van der Waals surface area contributed by atoms with E-state index in [9.17, 15) is 4.79 Å². The zero-order valence-electron chi connectivity index (χ0n) is 13.4. The predicted octanol–water partition coefficient (Wildman–Crippen LogP) is 2.80. The van der Waals surface area contributed by atoms with Gasteiger partial charge in [0.1, 0.15) is 0 Å².